The predicted octanol–water partition coefficient (Wildman–Crippen LogP) is 3.06. The Morgan fingerprint density at radius 1 is 1.18 bits per heavy atom. The van der Waals surface area contributed by atoms with E-state index in [9.17, 15) is 4.79 Å². The smallest absolute Gasteiger partial charge is 0.251 e. The molecule has 28 heavy (non-hydrogen) atoms. The number of amides is 1. The van der Waals surface area contributed by atoms with Gasteiger partial charge >= 0.3 is 0 Å². The molecule has 0 saturated carbocycles. The fourth-order valence-electron chi connectivity index (χ4n) is 3.16. The van der Waals surface area contributed by atoms with Gasteiger partial charge in [0.1, 0.15) is 12.2 Å². The number of para-hydroxylation sites is 2. The number of benzene rings is 2. The van der Waals surface area contributed by atoms with Crippen molar-refractivity contribution in [3.8, 4) is 5.69 Å². The van der Waals surface area contributed by atoms with Crippen molar-refractivity contribution in [3.63, 3.8) is 0 Å². The van der Waals surface area contributed by atoms with Crippen molar-refractivity contribution in [1.29, 1.82) is 0 Å². The number of nitrogens with one attached hydrogen (secondary N) is 2. The number of carbonyl (C=O) groups is 1. The molecule has 0 saturated heterocycles. The monoisotopic (exact) mass is 375 g/mol. The number of tetrazole rings is 1. The molecule has 0 radical (unpaired) electrons. The normalized spacial score (nSPS) is 12.4. The molecule has 0 aliphatic rings. The SMILES string of the molecule is CC(C)C[C@@H](NC(=O)c1cccc(-n2cnnn2)c1)c1nc2ccccc2[nH]1. The lowest BCUT2D eigenvalue weighted by Gasteiger charge is -2.19. The Labute approximate surface area is 162 Å². The second-order valence-corrected chi connectivity index (χ2v) is 7.10. The maximum absolute atomic E-state index is 12.9. The van der Waals surface area contributed by atoms with Gasteiger partial charge in [0.15, 0.2) is 0 Å². The van der Waals surface area contributed by atoms with Crippen molar-refractivity contribution in [3.05, 3.63) is 66.2 Å². The molecule has 2 heterocycles. The van der Waals surface area contributed by atoms with Crippen molar-refractivity contribution in [2.75, 3.05) is 0 Å². The highest BCUT2D eigenvalue weighted by molar-refractivity contribution is 5.95. The first-order valence-electron chi connectivity index (χ1n) is 9.19. The lowest BCUT2D eigenvalue weighted by atomic mass is 10.0. The number of hydrogen-bond acceptors (Lipinski definition) is 5. The minimum absolute atomic E-state index is 0.166. The molecule has 0 bridgehead atoms. The number of aromatic amines is 1. The van der Waals surface area contributed by atoms with Gasteiger partial charge in [0.25, 0.3) is 5.91 Å². The van der Waals surface area contributed by atoms with E-state index in [1.54, 1.807) is 12.1 Å². The van der Waals surface area contributed by atoms with Crippen LogP contribution in [0.25, 0.3) is 16.7 Å². The second kappa shape index (κ2) is 7.59. The molecule has 2 aromatic carbocycles. The first kappa shape index (κ1) is 17.8. The summed E-state index contributed by atoms with van der Waals surface area (Å²) in [5.41, 5.74) is 3.11. The molecule has 142 valence electrons. The van der Waals surface area contributed by atoms with Crippen LogP contribution in [-0.4, -0.2) is 36.1 Å². The molecule has 0 aliphatic heterocycles. The van der Waals surface area contributed by atoms with Gasteiger partial charge in [0.05, 0.1) is 22.8 Å². The Kier molecular flexibility index (Phi) is 4.84. The Morgan fingerprint density at radius 3 is 2.79 bits per heavy atom. The molecule has 2 aromatic heterocycles. The van der Waals surface area contributed by atoms with Crippen LogP contribution in [-0.2, 0) is 0 Å². The molecular weight excluding hydrogens is 354 g/mol. The number of fused-ring (bicyclic) bond motifs is 1. The second-order valence-electron chi connectivity index (χ2n) is 7.10. The van der Waals surface area contributed by atoms with E-state index in [-0.39, 0.29) is 11.9 Å². The van der Waals surface area contributed by atoms with Gasteiger partial charge in [-0.25, -0.2) is 9.67 Å². The first-order valence-corrected chi connectivity index (χ1v) is 9.19. The van der Waals surface area contributed by atoms with Gasteiger partial charge in [-0.2, -0.15) is 0 Å². The van der Waals surface area contributed by atoms with Crippen LogP contribution >= 0.6 is 0 Å². The summed E-state index contributed by atoms with van der Waals surface area (Å²) in [6, 6.07) is 14.8. The number of aromatic nitrogens is 6. The van der Waals surface area contributed by atoms with Gasteiger partial charge < -0.3 is 10.3 Å². The molecule has 1 amide bonds. The van der Waals surface area contributed by atoms with Crippen LogP contribution < -0.4 is 5.32 Å². The minimum atomic E-state index is -0.211. The first-order chi connectivity index (χ1) is 13.6. The van der Waals surface area contributed by atoms with Crippen LogP contribution in [0.1, 0.15) is 42.5 Å². The van der Waals surface area contributed by atoms with E-state index >= 15 is 0 Å². The summed E-state index contributed by atoms with van der Waals surface area (Å²) >= 11 is 0. The average molecular weight is 375 g/mol. The summed E-state index contributed by atoms with van der Waals surface area (Å²) in [6.07, 6.45) is 2.27. The lowest BCUT2D eigenvalue weighted by Crippen LogP contribution is -2.30. The quantitative estimate of drug-likeness (QED) is 0.539. The zero-order valence-electron chi connectivity index (χ0n) is 15.7. The van der Waals surface area contributed by atoms with Gasteiger partial charge in [0, 0.05) is 5.56 Å². The molecule has 0 aliphatic carbocycles. The van der Waals surface area contributed by atoms with Gasteiger partial charge in [-0.1, -0.05) is 32.0 Å². The highest BCUT2D eigenvalue weighted by Gasteiger charge is 2.20. The van der Waals surface area contributed by atoms with Crippen LogP contribution in [0.4, 0.5) is 0 Å². The Morgan fingerprint density at radius 2 is 2.04 bits per heavy atom. The van der Waals surface area contributed by atoms with E-state index in [1.165, 1.54) is 11.0 Å². The zero-order valence-corrected chi connectivity index (χ0v) is 15.7. The Bertz CT molecular complexity index is 1050. The number of carbonyl (C=O) groups excluding carboxylic acids is 1. The third-order valence-corrected chi connectivity index (χ3v) is 4.47. The highest BCUT2D eigenvalue weighted by atomic mass is 16.1. The number of hydrogen-bond donors (Lipinski definition) is 2. The Balaban J connectivity index is 1.60. The third kappa shape index (κ3) is 3.75. The molecule has 0 fully saturated rings. The standard InChI is InChI=1S/C20H21N7O/c1-13(2)10-18(19-22-16-8-3-4-9-17(16)23-19)24-20(28)14-6-5-7-15(11-14)27-12-21-25-26-27/h3-9,11-13,18H,10H2,1-2H3,(H,22,23)(H,24,28)/t18-/m1/s1. The highest BCUT2D eigenvalue weighted by Crippen LogP contribution is 2.22. The van der Waals surface area contributed by atoms with E-state index in [1.807, 2.05) is 36.4 Å². The lowest BCUT2D eigenvalue weighted by molar-refractivity contribution is 0.0930. The van der Waals surface area contributed by atoms with E-state index in [0.717, 1.165) is 29.0 Å². The van der Waals surface area contributed by atoms with E-state index in [4.69, 9.17) is 0 Å². The van der Waals surface area contributed by atoms with Crippen LogP contribution in [0.5, 0.6) is 0 Å². The van der Waals surface area contributed by atoms with Crippen molar-refractivity contribution in [2.45, 2.75) is 26.3 Å². The minimum Gasteiger partial charge on any atom is -0.342 e. The van der Waals surface area contributed by atoms with E-state index < -0.39 is 0 Å². The van der Waals surface area contributed by atoms with Gasteiger partial charge in [-0.15, -0.1) is 5.10 Å². The summed E-state index contributed by atoms with van der Waals surface area (Å²) in [5, 5.41) is 14.3. The molecule has 2 N–H and O–H groups in total. The van der Waals surface area contributed by atoms with Crippen molar-refractivity contribution in [1.82, 2.24) is 35.5 Å². The van der Waals surface area contributed by atoms with Crippen molar-refractivity contribution in [2.24, 2.45) is 5.92 Å². The largest absolute Gasteiger partial charge is 0.342 e. The number of imidazole rings is 1. The van der Waals surface area contributed by atoms with Gasteiger partial charge in [-0.3, -0.25) is 4.79 Å². The fourth-order valence-corrected chi connectivity index (χ4v) is 3.16. The number of nitrogens with zero attached hydrogens (tertiary/aromatic N) is 5. The summed E-state index contributed by atoms with van der Waals surface area (Å²) in [5.74, 6) is 0.993. The number of rotatable bonds is 6. The molecule has 4 rings (SSSR count). The van der Waals surface area contributed by atoms with Crippen LogP contribution in [0.3, 0.4) is 0 Å². The topological polar surface area (TPSA) is 101 Å². The fraction of sp³-hybridized carbons (Fsp3) is 0.250. The van der Waals surface area contributed by atoms with Crippen molar-refractivity contribution >= 4 is 16.9 Å². The van der Waals surface area contributed by atoms with Crippen LogP contribution in [0.2, 0.25) is 0 Å². The van der Waals surface area contributed by atoms with Crippen LogP contribution in [0.15, 0.2) is 54.9 Å². The zero-order chi connectivity index (χ0) is 19.5. The molecule has 8 heteroatoms. The van der Waals surface area contributed by atoms with Gasteiger partial charge in [-0.05, 0) is 53.1 Å². The van der Waals surface area contributed by atoms with Crippen molar-refractivity contribution < 1.29 is 4.79 Å². The maximum atomic E-state index is 12.9. The maximum Gasteiger partial charge on any atom is 0.251 e. The molecule has 4 aromatic rings. The summed E-state index contributed by atoms with van der Waals surface area (Å²) in [6.45, 7) is 4.25. The summed E-state index contributed by atoms with van der Waals surface area (Å²) in [7, 11) is 0. The molecule has 1 atom stereocenters. The number of H-pyrrole nitrogens is 1. The summed E-state index contributed by atoms with van der Waals surface area (Å²) < 4.78 is 1.52. The average Bonchev–Trinajstić information content (AvgIpc) is 3.37. The Hall–Kier alpha value is -3.55. The van der Waals surface area contributed by atoms with E-state index in [2.05, 4.69) is 44.7 Å². The van der Waals surface area contributed by atoms with Crippen LogP contribution in [0, 0.1) is 5.92 Å². The van der Waals surface area contributed by atoms with E-state index in [0.29, 0.717) is 11.5 Å². The van der Waals surface area contributed by atoms with Gasteiger partial charge in [0.2, 0.25) is 0 Å². The molecule has 8 nitrogen and oxygen atoms in total. The molecule has 0 unspecified atom stereocenters. The summed E-state index contributed by atoms with van der Waals surface area (Å²) in [4.78, 5) is 20.9. The molecule has 0 spiro atoms. The third-order valence-electron chi connectivity index (χ3n) is 4.47. The predicted molar refractivity (Wildman–Crippen MR) is 105 cm³/mol. The molecular formula is C20H21N7O.